The molecule has 108 valence electrons. The van der Waals surface area contributed by atoms with Gasteiger partial charge in [0.15, 0.2) is 5.76 Å². The van der Waals surface area contributed by atoms with E-state index in [9.17, 15) is 19.7 Å². The van der Waals surface area contributed by atoms with E-state index >= 15 is 0 Å². The lowest BCUT2D eigenvalue weighted by Gasteiger charge is -2.04. The molecule has 21 heavy (non-hydrogen) atoms. The topological polar surface area (TPSA) is 123 Å². The van der Waals surface area contributed by atoms with Crippen molar-refractivity contribution in [3.63, 3.8) is 0 Å². The Hall–Kier alpha value is -3.16. The van der Waals surface area contributed by atoms with Gasteiger partial charge >= 0.3 is 5.97 Å². The summed E-state index contributed by atoms with van der Waals surface area (Å²) in [7, 11) is 0. The molecule has 1 amide bonds. The standard InChI is InChI=1S/C13H10N2O6/c1-7-4-9(2-3-10(7)15(19)20)14-12(16)11-5-8(6-21-11)13(17)18/h2-6H,1H3,(H,14,16)(H,17,18). The van der Waals surface area contributed by atoms with Crippen LogP contribution in [-0.4, -0.2) is 21.9 Å². The molecule has 2 rings (SSSR count). The van der Waals surface area contributed by atoms with Crippen molar-refractivity contribution in [1.82, 2.24) is 0 Å². The van der Waals surface area contributed by atoms with Crippen LogP contribution in [0.5, 0.6) is 0 Å². The molecule has 0 unspecified atom stereocenters. The van der Waals surface area contributed by atoms with Crippen LogP contribution in [0.1, 0.15) is 26.5 Å². The zero-order valence-corrected chi connectivity index (χ0v) is 10.8. The number of nitrogens with one attached hydrogen (secondary N) is 1. The van der Waals surface area contributed by atoms with E-state index in [0.29, 0.717) is 11.3 Å². The summed E-state index contributed by atoms with van der Waals surface area (Å²) >= 11 is 0. The van der Waals surface area contributed by atoms with E-state index in [2.05, 4.69) is 5.32 Å². The van der Waals surface area contributed by atoms with Crippen molar-refractivity contribution in [2.24, 2.45) is 0 Å². The number of aryl methyl sites for hydroxylation is 1. The number of furan rings is 1. The largest absolute Gasteiger partial charge is 0.478 e. The molecule has 0 aliphatic rings. The van der Waals surface area contributed by atoms with Gasteiger partial charge in [-0.05, 0) is 19.1 Å². The van der Waals surface area contributed by atoms with Crippen molar-refractivity contribution < 1.29 is 24.0 Å². The monoisotopic (exact) mass is 290 g/mol. The number of nitrogens with zero attached hydrogens (tertiary/aromatic N) is 1. The highest BCUT2D eigenvalue weighted by molar-refractivity contribution is 6.03. The predicted octanol–water partition coefficient (Wildman–Crippen LogP) is 2.45. The van der Waals surface area contributed by atoms with Gasteiger partial charge in [0.2, 0.25) is 0 Å². The summed E-state index contributed by atoms with van der Waals surface area (Å²) in [6, 6.07) is 5.19. The molecule has 0 spiro atoms. The van der Waals surface area contributed by atoms with Crippen LogP contribution >= 0.6 is 0 Å². The van der Waals surface area contributed by atoms with Gasteiger partial charge in [0.1, 0.15) is 6.26 Å². The molecule has 0 saturated carbocycles. The molecular formula is C13H10N2O6. The summed E-state index contributed by atoms with van der Waals surface area (Å²) in [4.78, 5) is 32.7. The lowest BCUT2D eigenvalue weighted by atomic mass is 10.2. The quantitative estimate of drug-likeness (QED) is 0.658. The number of hydrogen-bond donors (Lipinski definition) is 2. The Morgan fingerprint density at radius 1 is 1.33 bits per heavy atom. The molecule has 1 aromatic carbocycles. The summed E-state index contributed by atoms with van der Waals surface area (Å²) in [6.45, 7) is 1.54. The third-order valence-corrected chi connectivity index (χ3v) is 2.72. The Morgan fingerprint density at radius 3 is 2.57 bits per heavy atom. The fourth-order valence-corrected chi connectivity index (χ4v) is 1.70. The number of amides is 1. The summed E-state index contributed by atoms with van der Waals surface area (Å²) in [5.74, 6) is -2.01. The SMILES string of the molecule is Cc1cc(NC(=O)c2cc(C(=O)O)co2)ccc1[N+](=O)[O-]. The average Bonchev–Trinajstić information content (AvgIpc) is 2.88. The number of carbonyl (C=O) groups excluding carboxylic acids is 1. The minimum absolute atomic E-state index is 0.0563. The fraction of sp³-hybridized carbons (Fsp3) is 0.0769. The zero-order chi connectivity index (χ0) is 15.6. The number of rotatable bonds is 4. The third kappa shape index (κ3) is 3.06. The first-order valence-electron chi connectivity index (χ1n) is 5.76. The second kappa shape index (κ2) is 5.45. The maximum absolute atomic E-state index is 11.8. The Bertz CT molecular complexity index is 734. The molecule has 8 nitrogen and oxygen atoms in total. The number of carboxylic acid groups (broad SMARTS) is 1. The van der Waals surface area contributed by atoms with E-state index in [4.69, 9.17) is 9.52 Å². The van der Waals surface area contributed by atoms with Crippen molar-refractivity contribution >= 4 is 23.3 Å². The van der Waals surface area contributed by atoms with Gasteiger partial charge in [-0.1, -0.05) is 0 Å². The zero-order valence-electron chi connectivity index (χ0n) is 10.8. The highest BCUT2D eigenvalue weighted by Gasteiger charge is 2.16. The second-order valence-electron chi connectivity index (χ2n) is 4.22. The number of carboxylic acids is 1. The summed E-state index contributed by atoms with van der Waals surface area (Å²) in [6.07, 6.45) is 0.957. The smallest absolute Gasteiger partial charge is 0.338 e. The normalized spacial score (nSPS) is 10.1. The van der Waals surface area contributed by atoms with Crippen molar-refractivity contribution in [3.8, 4) is 0 Å². The minimum atomic E-state index is -1.20. The molecule has 0 fully saturated rings. The lowest BCUT2D eigenvalue weighted by Crippen LogP contribution is -2.11. The summed E-state index contributed by atoms with van der Waals surface area (Å²) in [5, 5.41) is 21.9. The van der Waals surface area contributed by atoms with E-state index in [-0.39, 0.29) is 17.0 Å². The molecular weight excluding hydrogens is 280 g/mol. The lowest BCUT2D eigenvalue weighted by molar-refractivity contribution is -0.385. The van der Waals surface area contributed by atoms with Gasteiger partial charge in [-0.25, -0.2) is 4.79 Å². The molecule has 0 atom stereocenters. The van der Waals surface area contributed by atoms with Crippen LogP contribution in [0.4, 0.5) is 11.4 Å². The molecule has 0 saturated heterocycles. The van der Waals surface area contributed by atoms with E-state index in [1.54, 1.807) is 6.92 Å². The minimum Gasteiger partial charge on any atom is -0.478 e. The highest BCUT2D eigenvalue weighted by atomic mass is 16.6. The third-order valence-electron chi connectivity index (χ3n) is 2.72. The maximum atomic E-state index is 11.8. The van der Waals surface area contributed by atoms with Crippen LogP contribution < -0.4 is 5.32 Å². The number of anilines is 1. The van der Waals surface area contributed by atoms with Gasteiger partial charge in [0, 0.05) is 23.4 Å². The molecule has 0 aliphatic heterocycles. The first-order chi connectivity index (χ1) is 9.88. The Kier molecular flexibility index (Phi) is 3.70. The van der Waals surface area contributed by atoms with Crippen LogP contribution in [-0.2, 0) is 0 Å². The van der Waals surface area contributed by atoms with Gasteiger partial charge in [0.25, 0.3) is 11.6 Å². The van der Waals surface area contributed by atoms with Crippen molar-refractivity contribution in [2.75, 3.05) is 5.32 Å². The highest BCUT2D eigenvalue weighted by Crippen LogP contribution is 2.22. The van der Waals surface area contributed by atoms with Gasteiger partial charge in [-0.15, -0.1) is 0 Å². The average molecular weight is 290 g/mol. The molecule has 8 heteroatoms. The molecule has 0 aliphatic carbocycles. The summed E-state index contributed by atoms with van der Waals surface area (Å²) in [5.41, 5.74) is 0.541. The van der Waals surface area contributed by atoms with Crippen LogP contribution in [0.25, 0.3) is 0 Å². The van der Waals surface area contributed by atoms with E-state index in [0.717, 1.165) is 12.3 Å². The first-order valence-corrected chi connectivity index (χ1v) is 5.76. The van der Waals surface area contributed by atoms with E-state index in [1.165, 1.54) is 18.2 Å². The maximum Gasteiger partial charge on any atom is 0.338 e. The fourth-order valence-electron chi connectivity index (χ4n) is 1.70. The van der Waals surface area contributed by atoms with Gasteiger partial charge in [0.05, 0.1) is 10.5 Å². The Balaban J connectivity index is 2.17. The van der Waals surface area contributed by atoms with Crippen molar-refractivity contribution in [2.45, 2.75) is 6.92 Å². The number of nitro groups is 1. The first kappa shape index (κ1) is 14.3. The van der Waals surface area contributed by atoms with Gasteiger partial charge in [-0.2, -0.15) is 0 Å². The van der Waals surface area contributed by atoms with Crippen LogP contribution in [0.2, 0.25) is 0 Å². The van der Waals surface area contributed by atoms with E-state index in [1.807, 2.05) is 0 Å². The number of nitro benzene ring substituents is 1. The van der Waals surface area contributed by atoms with Crippen molar-refractivity contribution in [3.05, 3.63) is 57.5 Å². The van der Waals surface area contributed by atoms with Crippen molar-refractivity contribution in [1.29, 1.82) is 0 Å². The van der Waals surface area contributed by atoms with Crippen LogP contribution in [0.3, 0.4) is 0 Å². The van der Waals surface area contributed by atoms with Gasteiger partial charge in [-0.3, -0.25) is 14.9 Å². The molecule has 2 N–H and O–H groups in total. The number of aromatic carboxylic acids is 1. The number of carbonyl (C=O) groups is 2. The molecule has 1 heterocycles. The number of hydrogen-bond acceptors (Lipinski definition) is 5. The number of benzene rings is 1. The molecule has 2 aromatic rings. The predicted molar refractivity (Wildman–Crippen MR) is 71.5 cm³/mol. The van der Waals surface area contributed by atoms with Crippen LogP contribution in [0, 0.1) is 17.0 Å². The van der Waals surface area contributed by atoms with E-state index < -0.39 is 16.8 Å². The molecule has 0 bridgehead atoms. The Labute approximate surface area is 118 Å². The Morgan fingerprint density at radius 2 is 2.05 bits per heavy atom. The summed E-state index contributed by atoms with van der Waals surface area (Å²) < 4.78 is 4.85. The van der Waals surface area contributed by atoms with Crippen LogP contribution in [0.15, 0.2) is 34.9 Å². The molecule has 0 radical (unpaired) electrons. The second-order valence-corrected chi connectivity index (χ2v) is 4.22. The van der Waals surface area contributed by atoms with Gasteiger partial charge < -0.3 is 14.8 Å². The molecule has 1 aromatic heterocycles.